The smallest absolute Gasteiger partial charge is 0.225 e. The zero-order valence-electron chi connectivity index (χ0n) is 16.6. The van der Waals surface area contributed by atoms with Crippen LogP contribution in [0.5, 0.6) is 0 Å². The second-order valence-electron chi connectivity index (χ2n) is 7.31. The molecule has 1 unspecified atom stereocenters. The Morgan fingerprint density at radius 1 is 1.24 bits per heavy atom. The van der Waals surface area contributed by atoms with Crippen LogP contribution in [-0.4, -0.2) is 22.6 Å². The summed E-state index contributed by atoms with van der Waals surface area (Å²) in [7, 11) is 0. The Morgan fingerprint density at radius 2 is 1.93 bits per heavy atom. The molecule has 150 valence electrons. The van der Waals surface area contributed by atoms with E-state index in [0.29, 0.717) is 40.1 Å². The van der Waals surface area contributed by atoms with Gasteiger partial charge in [-0.2, -0.15) is 5.26 Å². The average Bonchev–Trinajstić information content (AvgIpc) is 2.68. The van der Waals surface area contributed by atoms with Gasteiger partial charge in [-0.1, -0.05) is 6.92 Å². The number of aromatic nitrogens is 1. The Kier molecular flexibility index (Phi) is 6.89. The molecule has 0 spiro atoms. The third-order valence-electron chi connectivity index (χ3n) is 4.78. The van der Waals surface area contributed by atoms with Gasteiger partial charge in [0.2, 0.25) is 11.8 Å². The van der Waals surface area contributed by atoms with E-state index >= 15 is 0 Å². The molecule has 7 heteroatoms. The summed E-state index contributed by atoms with van der Waals surface area (Å²) >= 11 is 1.45. The summed E-state index contributed by atoms with van der Waals surface area (Å²) < 4.78 is 0. The molecule has 2 aromatic rings. The van der Waals surface area contributed by atoms with Gasteiger partial charge in [0, 0.05) is 36.2 Å². The van der Waals surface area contributed by atoms with Crippen molar-refractivity contribution in [3.8, 4) is 6.07 Å². The predicted molar refractivity (Wildman–Crippen MR) is 115 cm³/mol. The highest BCUT2D eigenvalue weighted by Crippen LogP contribution is 2.29. The van der Waals surface area contributed by atoms with Crippen molar-refractivity contribution in [2.45, 2.75) is 44.6 Å². The van der Waals surface area contributed by atoms with Crippen LogP contribution in [0.2, 0.25) is 0 Å². The molecule has 0 saturated carbocycles. The van der Waals surface area contributed by atoms with Crippen LogP contribution in [0.25, 0.3) is 0 Å². The summed E-state index contributed by atoms with van der Waals surface area (Å²) in [4.78, 5) is 28.0. The first-order valence-electron chi connectivity index (χ1n) is 9.68. The third-order valence-corrected chi connectivity index (χ3v) is 5.77. The lowest BCUT2D eigenvalue weighted by Crippen LogP contribution is -2.14. The number of hydrogen-bond donors (Lipinski definition) is 2. The Bertz CT molecular complexity index is 951. The van der Waals surface area contributed by atoms with Crippen molar-refractivity contribution in [3.05, 3.63) is 47.2 Å². The summed E-state index contributed by atoms with van der Waals surface area (Å²) in [6.45, 7) is 3.67. The van der Waals surface area contributed by atoms with Gasteiger partial charge in [0.15, 0.2) is 0 Å². The Morgan fingerprint density at radius 3 is 2.59 bits per heavy atom. The number of aryl methyl sites for hydroxylation is 1. The number of benzene rings is 1. The van der Waals surface area contributed by atoms with Crippen LogP contribution < -0.4 is 10.6 Å². The van der Waals surface area contributed by atoms with Crippen LogP contribution in [0.15, 0.2) is 35.4 Å². The minimum absolute atomic E-state index is 0.102. The number of thioether (sulfide) groups is 1. The molecule has 0 radical (unpaired) electrons. The van der Waals surface area contributed by atoms with Crippen molar-refractivity contribution in [1.82, 2.24) is 4.98 Å². The normalized spacial score (nSPS) is 15.1. The Hall–Kier alpha value is -2.85. The number of nitrogens with zero attached hydrogens (tertiary/aromatic N) is 2. The summed E-state index contributed by atoms with van der Waals surface area (Å²) in [6.07, 6.45) is 3.37. The van der Waals surface area contributed by atoms with Crippen molar-refractivity contribution in [1.29, 1.82) is 5.26 Å². The number of hydrogen-bond acceptors (Lipinski definition) is 5. The number of nitrogens with one attached hydrogen (secondary N) is 2. The molecule has 2 N–H and O–H groups in total. The van der Waals surface area contributed by atoms with E-state index in [-0.39, 0.29) is 11.8 Å². The van der Waals surface area contributed by atoms with Gasteiger partial charge in [0.25, 0.3) is 0 Å². The SMILES string of the molecule is CC(=O)Nc1ccc(NC(=O)CCSc2nc3c(cc2C#N)CC(C)CC3)cc1. The molecule has 2 amide bonds. The minimum atomic E-state index is -0.138. The topological polar surface area (TPSA) is 94.9 Å². The standard InChI is InChI=1S/C22H24N4O2S/c1-14-3-8-20-16(11-14)12-17(13-23)22(26-20)29-10-9-21(28)25-19-6-4-18(5-7-19)24-15(2)27/h4-7,12,14H,3,8-11H2,1-2H3,(H,24,27)(H,25,28). The van der Waals surface area contributed by atoms with Crippen molar-refractivity contribution in [3.63, 3.8) is 0 Å². The molecule has 29 heavy (non-hydrogen) atoms. The van der Waals surface area contributed by atoms with E-state index in [4.69, 9.17) is 4.98 Å². The van der Waals surface area contributed by atoms with Gasteiger partial charge in [-0.3, -0.25) is 9.59 Å². The average molecular weight is 409 g/mol. The van der Waals surface area contributed by atoms with Crippen molar-refractivity contribution >= 4 is 35.0 Å². The molecule has 1 heterocycles. The molecule has 0 aliphatic heterocycles. The maximum Gasteiger partial charge on any atom is 0.225 e. The van der Waals surface area contributed by atoms with E-state index < -0.39 is 0 Å². The number of rotatable bonds is 6. The molecule has 1 aliphatic carbocycles. The number of carbonyl (C=O) groups excluding carboxylic acids is 2. The molecule has 1 aromatic heterocycles. The minimum Gasteiger partial charge on any atom is -0.326 e. The van der Waals surface area contributed by atoms with Crippen molar-refractivity contribution in [2.75, 3.05) is 16.4 Å². The molecule has 1 aliphatic rings. The van der Waals surface area contributed by atoms with Gasteiger partial charge in [-0.25, -0.2) is 4.98 Å². The number of nitriles is 1. The van der Waals surface area contributed by atoms with Crippen LogP contribution in [-0.2, 0) is 22.4 Å². The maximum absolute atomic E-state index is 12.2. The van der Waals surface area contributed by atoms with E-state index in [1.807, 2.05) is 6.07 Å². The molecule has 1 aromatic carbocycles. The number of pyridine rings is 1. The molecule has 1 atom stereocenters. The van der Waals surface area contributed by atoms with Gasteiger partial charge in [0.05, 0.1) is 5.56 Å². The number of amides is 2. The van der Waals surface area contributed by atoms with E-state index in [9.17, 15) is 14.9 Å². The monoisotopic (exact) mass is 408 g/mol. The van der Waals surface area contributed by atoms with E-state index in [2.05, 4.69) is 23.6 Å². The molecular formula is C22H24N4O2S. The van der Waals surface area contributed by atoms with Gasteiger partial charge >= 0.3 is 0 Å². The molecular weight excluding hydrogens is 384 g/mol. The second-order valence-corrected chi connectivity index (χ2v) is 8.40. The molecule has 0 bridgehead atoms. The van der Waals surface area contributed by atoms with E-state index in [1.165, 1.54) is 24.2 Å². The summed E-state index contributed by atoms with van der Waals surface area (Å²) in [5, 5.41) is 15.7. The fourth-order valence-electron chi connectivity index (χ4n) is 3.32. The second kappa shape index (κ2) is 9.57. The fourth-order valence-corrected chi connectivity index (χ4v) is 4.24. The lowest BCUT2D eigenvalue weighted by molar-refractivity contribution is -0.116. The molecule has 3 rings (SSSR count). The first-order chi connectivity index (χ1) is 13.9. The number of fused-ring (bicyclic) bond motifs is 1. The first-order valence-corrected chi connectivity index (χ1v) is 10.7. The van der Waals surface area contributed by atoms with Crippen LogP contribution >= 0.6 is 11.8 Å². The first kappa shape index (κ1) is 20.9. The predicted octanol–water partition coefficient (Wildman–Crippen LogP) is 4.16. The zero-order valence-corrected chi connectivity index (χ0v) is 17.4. The highest BCUT2D eigenvalue weighted by molar-refractivity contribution is 7.99. The van der Waals surface area contributed by atoms with E-state index in [1.54, 1.807) is 24.3 Å². The largest absolute Gasteiger partial charge is 0.326 e. The number of carbonyl (C=O) groups is 2. The van der Waals surface area contributed by atoms with Crippen molar-refractivity contribution in [2.24, 2.45) is 5.92 Å². The van der Waals surface area contributed by atoms with Crippen LogP contribution in [0, 0.1) is 17.2 Å². The van der Waals surface area contributed by atoms with Gasteiger partial charge < -0.3 is 10.6 Å². The summed E-state index contributed by atoms with van der Waals surface area (Å²) in [6, 6.07) is 11.2. The van der Waals surface area contributed by atoms with Gasteiger partial charge in [-0.15, -0.1) is 11.8 Å². The van der Waals surface area contributed by atoms with Crippen LogP contribution in [0.1, 0.15) is 43.5 Å². The highest BCUT2D eigenvalue weighted by Gasteiger charge is 2.19. The molecule has 6 nitrogen and oxygen atoms in total. The van der Waals surface area contributed by atoms with Gasteiger partial charge in [0.1, 0.15) is 11.1 Å². The third kappa shape index (κ3) is 5.81. The zero-order chi connectivity index (χ0) is 20.8. The summed E-state index contributed by atoms with van der Waals surface area (Å²) in [5.41, 5.74) is 4.23. The van der Waals surface area contributed by atoms with Crippen molar-refractivity contribution < 1.29 is 9.59 Å². The maximum atomic E-state index is 12.2. The van der Waals surface area contributed by atoms with Crippen LogP contribution in [0.4, 0.5) is 11.4 Å². The lowest BCUT2D eigenvalue weighted by atomic mass is 9.87. The van der Waals surface area contributed by atoms with E-state index in [0.717, 1.165) is 25.0 Å². The Labute approximate surface area is 175 Å². The fraction of sp³-hybridized carbons (Fsp3) is 0.364. The van der Waals surface area contributed by atoms with Gasteiger partial charge in [-0.05, 0) is 61.1 Å². The molecule has 0 saturated heterocycles. The van der Waals surface area contributed by atoms with Crippen LogP contribution in [0.3, 0.4) is 0 Å². The summed E-state index contributed by atoms with van der Waals surface area (Å²) in [5.74, 6) is 0.938. The highest BCUT2D eigenvalue weighted by atomic mass is 32.2. The quantitative estimate of drug-likeness (QED) is 0.700. The Balaban J connectivity index is 1.54. The molecule has 0 fully saturated rings. The number of anilines is 2. The lowest BCUT2D eigenvalue weighted by Gasteiger charge is -2.21.